The van der Waals surface area contributed by atoms with E-state index in [4.69, 9.17) is 23.2 Å². The minimum atomic E-state index is -0.736. The van der Waals surface area contributed by atoms with Gasteiger partial charge in [-0.05, 0) is 65.6 Å². The highest BCUT2D eigenvalue weighted by Gasteiger charge is 2.15. The number of carbonyl (C=O) groups is 1. The Morgan fingerprint density at radius 2 is 1.76 bits per heavy atom. The topological polar surface area (TPSA) is 49.3 Å². The van der Waals surface area contributed by atoms with E-state index in [1.54, 1.807) is 31.2 Å². The summed E-state index contributed by atoms with van der Waals surface area (Å²) in [5, 5.41) is 13.1. The molecule has 3 nitrogen and oxygen atoms in total. The predicted octanol–water partition coefficient (Wildman–Crippen LogP) is 5.67. The molecule has 0 spiro atoms. The fraction of sp³-hybridized carbons (Fsp3) is 0.136. The summed E-state index contributed by atoms with van der Waals surface area (Å²) < 4.78 is 27.8. The van der Waals surface area contributed by atoms with Crippen LogP contribution in [-0.4, -0.2) is 11.0 Å². The van der Waals surface area contributed by atoms with Crippen molar-refractivity contribution in [3.63, 3.8) is 0 Å². The van der Waals surface area contributed by atoms with Crippen LogP contribution in [0.2, 0.25) is 10.0 Å². The molecule has 0 bridgehead atoms. The zero-order valence-corrected chi connectivity index (χ0v) is 16.9. The van der Waals surface area contributed by atoms with Gasteiger partial charge in [0, 0.05) is 23.7 Å². The molecule has 7 heteroatoms. The SMILES string of the molecule is Cc1cc(F)cc(F)c1-c1cc(CO)cc(C(=O)NCc2ccc(Cl)c(Cl)c2)c1. The lowest BCUT2D eigenvalue weighted by atomic mass is 9.95. The lowest BCUT2D eigenvalue weighted by Gasteiger charge is -2.13. The number of amides is 1. The minimum Gasteiger partial charge on any atom is -0.392 e. The van der Waals surface area contributed by atoms with Gasteiger partial charge in [0.2, 0.25) is 0 Å². The van der Waals surface area contributed by atoms with Crippen molar-refractivity contribution in [2.75, 3.05) is 0 Å². The molecule has 0 fully saturated rings. The Balaban J connectivity index is 1.90. The van der Waals surface area contributed by atoms with Gasteiger partial charge in [-0.25, -0.2) is 8.78 Å². The van der Waals surface area contributed by atoms with Gasteiger partial charge in [-0.15, -0.1) is 0 Å². The van der Waals surface area contributed by atoms with Gasteiger partial charge in [-0.2, -0.15) is 0 Å². The fourth-order valence-corrected chi connectivity index (χ4v) is 3.38. The van der Waals surface area contributed by atoms with E-state index in [9.17, 15) is 18.7 Å². The van der Waals surface area contributed by atoms with Gasteiger partial charge >= 0.3 is 0 Å². The lowest BCUT2D eigenvalue weighted by Crippen LogP contribution is -2.23. The van der Waals surface area contributed by atoms with Gasteiger partial charge in [0.1, 0.15) is 11.6 Å². The van der Waals surface area contributed by atoms with E-state index in [2.05, 4.69) is 5.32 Å². The molecule has 0 unspecified atom stereocenters. The van der Waals surface area contributed by atoms with E-state index in [1.165, 1.54) is 18.2 Å². The number of benzene rings is 3. The summed E-state index contributed by atoms with van der Waals surface area (Å²) in [5.41, 5.74) is 2.39. The van der Waals surface area contributed by atoms with Gasteiger partial charge in [0.25, 0.3) is 5.91 Å². The van der Waals surface area contributed by atoms with Gasteiger partial charge in [0.15, 0.2) is 0 Å². The normalized spacial score (nSPS) is 10.8. The van der Waals surface area contributed by atoms with E-state index < -0.39 is 17.5 Å². The Labute approximate surface area is 176 Å². The summed E-state index contributed by atoms with van der Waals surface area (Å²) in [6.45, 7) is 1.46. The maximum absolute atomic E-state index is 14.4. The Morgan fingerprint density at radius 3 is 2.41 bits per heavy atom. The Bertz CT molecular complexity index is 1060. The maximum Gasteiger partial charge on any atom is 0.251 e. The van der Waals surface area contributed by atoms with Crippen molar-refractivity contribution in [1.82, 2.24) is 5.32 Å². The first-order valence-corrected chi connectivity index (χ1v) is 9.47. The molecule has 1 amide bonds. The number of aliphatic hydroxyl groups is 1. The van der Waals surface area contributed by atoms with Crippen LogP contribution in [-0.2, 0) is 13.2 Å². The van der Waals surface area contributed by atoms with Crippen LogP contribution in [0.1, 0.15) is 27.0 Å². The average molecular weight is 436 g/mol. The van der Waals surface area contributed by atoms with E-state index in [0.717, 1.165) is 11.6 Å². The summed E-state index contributed by atoms with van der Waals surface area (Å²) in [7, 11) is 0. The monoisotopic (exact) mass is 435 g/mol. The molecule has 0 atom stereocenters. The van der Waals surface area contributed by atoms with E-state index in [1.807, 2.05) is 0 Å². The van der Waals surface area contributed by atoms with Crippen molar-refractivity contribution >= 4 is 29.1 Å². The molecule has 0 aromatic heterocycles. The molecular weight excluding hydrogens is 419 g/mol. The van der Waals surface area contributed by atoms with Crippen molar-refractivity contribution in [2.24, 2.45) is 0 Å². The zero-order valence-electron chi connectivity index (χ0n) is 15.4. The Hall–Kier alpha value is -2.47. The third-order valence-electron chi connectivity index (χ3n) is 4.42. The van der Waals surface area contributed by atoms with Crippen molar-refractivity contribution in [3.8, 4) is 11.1 Å². The predicted molar refractivity (Wildman–Crippen MR) is 110 cm³/mol. The third kappa shape index (κ3) is 4.93. The maximum atomic E-state index is 14.4. The van der Waals surface area contributed by atoms with E-state index in [-0.39, 0.29) is 24.3 Å². The number of aliphatic hydroxyl groups excluding tert-OH is 1. The number of hydrogen-bond acceptors (Lipinski definition) is 2. The second kappa shape index (κ2) is 8.91. The molecule has 29 heavy (non-hydrogen) atoms. The highest BCUT2D eigenvalue weighted by molar-refractivity contribution is 6.42. The van der Waals surface area contributed by atoms with Gasteiger partial charge < -0.3 is 10.4 Å². The molecule has 0 heterocycles. The van der Waals surface area contributed by atoms with Gasteiger partial charge in [-0.3, -0.25) is 4.79 Å². The van der Waals surface area contributed by atoms with Crippen LogP contribution in [0.3, 0.4) is 0 Å². The largest absolute Gasteiger partial charge is 0.392 e. The molecule has 3 aromatic carbocycles. The summed E-state index contributed by atoms with van der Waals surface area (Å²) >= 11 is 11.9. The zero-order chi connectivity index (χ0) is 21.1. The second-order valence-corrected chi connectivity index (χ2v) is 7.40. The van der Waals surface area contributed by atoms with Crippen LogP contribution in [0.25, 0.3) is 11.1 Å². The molecular formula is C22H17Cl2F2NO2. The van der Waals surface area contributed by atoms with Crippen molar-refractivity contribution in [3.05, 3.63) is 92.5 Å². The summed E-state index contributed by atoms with van der Waals surface area (Å²) in [4.78, 5) is 12.6. The molecule has 3 aromatic rings. The van der Waals surface area contributed by atoms with Gasteiger partial charge in [0.05, 0.1) is 16.7 Å². The smallest absolute Gasteiger partial charge is 0.251 e. The molecule has 0 saturated heterocycles. The third-order valence-corrected chi connectivity index (χ3v) is 5.15. The molecule has 0 aliphatic heterocycles. The van der Waals surface area contributed by atoms with E-state index >= 15 is 0 Å². The summed E-state index contributed by atoms with van der Waals surface area (Å²) in [6.07, 6.45) is 0. The van der Waals surface area contributed by atoms with Crippen LogP contribution < -0.4 is 5.32 Å². The summed E-state index contributed by atoms with van der Waals surface area (Å²) in [6, 6.07) is 11.6. The van der Waals surface area contributed by atoms with Crippen LogP contribution >= 0.6 is 23.2 Å². The molecule has 0 radical (unpaired) electrons. The first-order valence-electron chi connectivity index (χ1n) is 8.71. The lowest BCUT2D eigenvalue weighted by molar-refractivity contribution is 0.0950. The molecule has 150 valence electrons. The van der Waals surface area contributed by atoms with Gasteiger partial charge in [-0.1, -0.05) is 29.3 Å². The Kier molecular flexibility index (Phi) is 6.52. The number of halogens is 4. The number of rotatable bonds is 5. The molecule has 2 N–H and O–H groups in total. The number of aryl methyl sites for hydroxylation is 1. The number of hydrogen-bond donors (Lipinski definition) is 2. The van der Waals surface area contributed by atoms with Crippen LogP contribution in [0.5, 0.6) is 0 Å². The Morgan fingerprint density at radius 1 is 1.00 bits per heavy atom. The van der Waals surface area contributed by atoms with Crippen LogP contribution in [0, 0.1) is 18.6 Å². The fourth-order valence-electron chi connectivity index (χ4n) is 3.06. The number of nitrogens with one attached hydrogen (secondary N) is 1. The molecule has 0 aliphatic rings. The van der Waals surface area contributed by atoms with E-state index in [0.29, 0.717) is 26.7 Å². The van der Waals surface area contributed by atoms with Crippen LogP contribution in [0.4, 0.5) is 8.78 Å². The highest BCUT2D eigenvalue weighted by Crippen LogP contribution is 2.29. The molecule has 0 aliphatic carbocycles. The number of carbonyl (C=O) groups excluding carboxylic acids is 1. The first kappa shape index (κ1) is 21.2. The van der Waals surface area contributed by atoms with Crippen LogP contribution in [0.15, 0.2) is 48.5 Å². The van der Waals surface area contributed by atoms with Crippen molar-refractivity contribution < 1.29 is 18.7 Å². The van der Waals surface area contributed by atoms with Crippen molar-refractivity contribution in [2.45, 2.75) is 20.1 Å². The quantitative estimate of drug-likeness (QED) is 0.542. The highest BCUT2D eigenvalue weighted by atomic mass is 35.5. The van der Waals surface area contributed by atoms with Crippen molar-refractivity contribution in [1.29, 1.82) is 0 Å². The first-order chi connectivity index (χ1) is 13.8. The molecule has 0 saturated carbocycles. The standard InChI is InChI=1S/C22H17Cl2F2NO2/c1-12-4-17(25)9-20(26)21(12)15-5-14(11-28)6-16(8-15)22(29)27-10-13-2-3-18(23)19(24)7-13/h2-9,28H,10-11H2,1H3,(H,27,29). The average Bonchev–Trinajstić information content (AvgIpc) is 2.67. The molecule has 3 rings (SSSR count). The summed E-state index contributed by atoms with van der Waals surface area (Å²) in [5.74, 6) is -1.82. The minimum absolute atomic E-state index is 0.181. The second-order valence-electron chi connectivity index (χ2n) is 6.59.